The number of rotatable bonds is 4. The summed E-state index contributed by atoms with van der Waals surface area (Å²) in [5.41, 5.74) is 1.29. The second-order valence-electron chi connectivity index (χ2n) is 7.05. The topological polar surface area (TPSA) is 60.9 Å². The van der Waals surface area contributed by atoms with Crippen LogP contribution >= 0.6 is 0 Å². The quantitative estimate of drug-likeness (QED) is 0.799. The molecule has 138 valence electrons. The van der Waals surface area contributed by atoms with Crippen LogP contribution in [0.3, 0.4) is 0 Å². The van der Waals surface area contributed by atoms with E-state index < -0.39 is 10.0 Å². The number of piperidine rings is 1. The summed E-state index contributed by atoms with van der Waals surface area (Å²) in [4.78, 5) is 17.1. The van der Waals surface area contributed by atoms with Crippen LogP contribution in [0, 0.1) is 5.92 Å². The zero-order chi connectivity index (χ0) is 17.9. The van der Waals surface area contributed by atoms with E-state index in [1.807, 2.05) is 23.1 Å². The minimum atomic E-state index is -3.21. The predicted octanol–water partition coefficient (Wildman–Crippen LogP) is 1.00. The van der Waals surface area contributed by atoms with Gasteiger partial charge in [-0.3, -0.25) is 9.69 Å². The molecular formula is C18H27N3O3S. The molecule has 2 aliphatic rings. The molecule has 2 heterocycles. The first-order chi connectivity index (χ1) is 11.9. The molecule has 3 rings (SSSR count). The Morgan fingerprint density at radius 3 is 2.40 bits per heavy atom. The van der Waals surface area contributed by atoms with Crippen LogP contribution in [-0.2, 0) is 21.4 Å². The van der Waals surface area contributed by atoms with Gasteiger partial charge in [0.25, 0.3) is 0 Å². The van der Waals surface area contributed by atoms with Gasteiger partial charge >= 0.3 is 0 Å². The lowest BCUT2D eigenvalue weighted by Gasteiger charge is -2.38. The number of carbonyl (C=O) groups excluding carboxylic acids is 1. The minimum Gasteiger partial charge on any atom is -0.340 e. The molecule has 0 bridgehead atoms. The SMILES string of the molecule is CS(=O)(=O)N1CCC[C@H](C(=O)N2CCN(Cc3ccccc3)CC2)C1. The third-order valence-corrected chi connectivity index (χ3v) is 6.41. The summed E-state index contributed by atoms with van der Waals surface area (Å²) in [6.45, 7) is 4.96. The largest absolute Gasteiger partial charge is 0.340 e. The van der Waals surface area contributed by atoms with Gasteiger partial charge in [0.05, 0.1) is 12.2 Å². The number of benzene rings is 1. The molecule has 2 aliphatic heterocycles. The summed E-state index contributed by atoms with van der Waals surface area (Å²) in [6.07, 6.45) is 2.77. The van der Waals surface area contributed by atoms with Crippen molar-refractivity contribution in [1.29, 1.82) is 0 Å². The van der Waals surface area contributed by atoms with Crippen molar-refractivity contribution in [2.24, 2.45) is 5.92 Å². The lowest BCUT2D eigenvalue weighted by atomic mass is 9.97. The van der Waals surface area contributed by atoms with Crippen molar-refractivity contribution in [2.45, 2.75) is 19.4 Å². The summed E-state index contributed by atoms with van der Waals surface area (Å²) in [5.74, 6) is -0.0724. The van der Waals surface area contributed by atoms with E-state index in [4.69, 9.17) is 0 Å². The second-order valence-corrected chi connectivity index (χ2v) is 9.03. The molecule has 2 fully saturated rings. The Balaban J connectivity index is 1.51. The predicted molar refractivity (Wildman–Crippen MR) is 97.4 cm³/mol. The fourth-order valence-corrected chi connectivity index (χ4v) is 4.58. The van der Waals surface area contributed by atoms with Crippen LogP contribution in [0.15, 0.2) is 30.3 Å². The van der Waals surface area contributed by atoms with Crippen LogP contribution in [0.2, 0.25) is 0 Å². The highest BCUT2D eigenvalue weighted by Crippen LogP contribution is 2.21. The Morgan fingerprint density at radius 2 is 1.76 bits per heavy atom. The minimum absolute atomic E-state index is 0.118. The summed E-state index contributed by atoms with van der Waals surface area (Å²) in [7, 11) is -3.21. The third kappa shape index (κ3) is 4.80. The molecule has 0 aliphatic carbocycles. The van der Waals surface area contributed by atoms with E-state index in [1.54, 1.807) is 0 Å². The molecule has 25 heavy (non-hydrogen) atoms. The second kappa shape index (κ2) is 7.85. The van der Waals surface area contributed by atoms with Gasteiger partial charge in [-0.1, -0.05) is 30.3 Å². The lowest BCUT2D eigenvalue weighted by molar-refractivity contribution is -0.138. The molecule has 1 aromatic rings. The van der Waals surface area contributed by atoms with Crippen LogP contribution in [-0.4, -0.2) is 74.0 Å². The van der Waals surface area contributed by atoms with Crippen LogP contribution in [0.4, 0.5) is 0 Å². The van der Waals surface area contributed by atoms with Crippen molar-refractivity contribution in [3.05, 3.63) is 35.9 Å². The van der Waals surface area contributed by atoms with Gasteiger partial charge in [0, 0.05) is 45.8 Å². The normalized spacial score (nSPS) is 23.6. The van der Waals surface area contributed by atoms with E-state index in [2.05, 4.69) is 17.0 Å². The molecule has 0 aromatic heterocycles. The number of nitrogens with zero attached hydrogens (tertiary/aromatic N) is 3. The zero-order valence-corrected chi connectivity index (χ0v) is 15.6. The van der Waals surface area contributed by atoms with Crippen molar-refractivity contribution in [1.82, 2.24) is 14.1 Å². The number of amides is 1. The highest BCUT2D eigenvalue weighted by atomic mass is 32.2. The first-order valence-corrected chi connectivity index (χ1v) is 10.8. The summed E-state index contributed by atoms with van der Waals surface area (Å²) < 4.78 is 24.9. The maximum atomic E-state index is 12.8. The fourth-order valence-electron chi connectivity index (χ4n) is 3.67. The molecular weight excluding hydrogens is 338 g/mol. The fraction of sp³-hybridized carbons (Fsp3) is 0.611. The van der Waals surface area contributed by atoms with Crippen molar-refractivity contribution in [2.75, 3.05) is 45.5 Å². The van der Waals surface area contributed by atoms with E-state index in [9.17, 15) is 13.2 Å². The molecule has 1 atom stereocenters. The van der Waals surface area contributed by atoms with E-state index in [0.717, 1.165) is 45.6 Å². The van der Waals surface area contributed by atoms with Gasteiger partial charge in [-0.2, -0.15) is 0 Å². The molecule has 1 aromatic carbocycles. The smallest absolute Gasteiger partial charge is 0.227 e. The van der Waals surface area contributed by atoms with E-state index in [0.29, 0.717) is 13.1 Å². The molecule has 0 N–H and O–H groups in total. The van der Waals surface area contributed by atoms with Gasteiger partial charge in [-0.25, -0.2) is 12.7 Å². The van der Waals surface area contributed by atoms with Gasteiger partial charge in [-0.15, -0.1) is 0 Å². The molecule has 7 heteroatoms. The summed E-state index contributed by atoms with van der Waals surface area (Å²) in [5, 5.41) is 0. The van der Waals surface area contributed by atoms with Crippen molar-refractivity contribution in [3.63, 3.8) is 0 Å². The number of sulfonamides is 1. The number of carbonyl (C=O) groups is 1. The Labute approximate surface area is 150 Å². The molecule has 0 radical (unpaired) electrons. The number of hydrogen-bond donors (Lipinski definition) is 0. The highest BCUT2D eigenvalue weighted by Gasteiger charge is 2.33. The van der Waals surface area contributed by atoms with Crippen LogP contribution < -0.4 is 0 Å². The average molecular weight is 365 g/mol. The van der Waals surface area contributed by atoms with Gasteiger partial charge in [-0.05, 0) is 18.4 Å². The Bertz CT molecular complexity index is 685. The van der Waals surface area contributed by atoms with Gasteiger partial charge < -0.3 is 4.90 Å². The van der Waals surface area contributed by atoms with E-state index in [-0.39, 0.29) is 11.8 Å². The van der Waals surface area contributed by atoms with Crippen molar-refractivity contribution in [3.8, 4) is 0 Å². The number of hydrogen-bond acceptors (Lipinski definition) is 4. The van der Waals surface area contributed by atoms with Crippen LogP contribution in [0.1, 0.15) is 18.4 Å². The first kappa shape index (κ1) is 18.4. The van der Waals surface area contributed by atoms with Crippen molar-refractivity contribution < 1.29 is 13.2 Å². The lowest BCUT2D eigenvalue weighted by Crippen LogP contribution is -2.52. The zero-order valence-electron chi connectivity index (χ0n) is 14.8. The Kier molecular flexibility index (Phi) is 5.76. The van der Waals surface area contributed by atoms with Gasteiger partial charge in [0.1, 0.15) is 0 Å². The molecule has 1 amide bonds. The van der Waals surface area contributed by atoms with Gasteiger partial charge in [0.2, 0.25) is 15.9 Å². The standard InChI is InChI=1S/C18H27N3O3S/c1-25(23,24)21-9-5-8-17(15-21)18(22)20-12-10-19(11-13-20)14-16-6-3-2-4-7-16/h2-4,6-7,17H,5,8-15H2,1H3/t17-/m0/s1. The number of piperazine rings is 1. The monoisotopic (exact) mass is 365 g/mol. The maximum Gasteiger partial charge on any atom is 0.227 e. The van der Waals surface area contributed by atoms with Crippen LogP contribution in [0.25, 0.3) is 0 Å². The maximum absolute atomic E-state index is 12.8. The molecule has 0 spiro atoms. The molecule has 0 unspecified atom stereocenters. The highest BCUT2D eigenvalue weighted by molar-refractivity contribution is 7.88. The Morgan fingerprint density at radius 1 is 1.08 bits per heavy atom. The van der Waals surface area contributed by atoms with E-state index in [1.165, 1.54) is 16.1 Å². The van der Waals surface area contributed by atoms with Gasteiger partial charge in [0.15, 0.2) is 0 Å². The van der Waals surface area contributed by atoms with Crippen molar-refractivity contribution >= 4 is 15.9 Å². The first-order valence-electron chi connectivity index (χ1n) is 8.93. The summed E-state index contributed by atoms with van der Waals surface area (Å²) >= 11 is 0. The molecule has 0 saturated carbocycles. The summed E-state index contributed by atoms with van der Waals surface area (Å²) in [6, 6.07) is 10.4. The van der Waals surface area contributed by atoms with E-state index >= 15 is 0 Å². The molecule has 6 nitrogen and oxygen atoms in total. The Hall–Kier alpha value is -1.44. The average Bonchev–Trinajstić information content (AvgIpc) is 2.62. The third-order valence-electron chi connectivity index (χ3n) is 5.14. The molecule has 2 saturated heterocycles. The van der Waals surface area contributed by atoms with Crippen LogP contribution in [0.5, 0.6) is 0 Å².